The van der Waals surface area contributed by atoms with Crippen molar-refractivity contribution in [3.8, 4) is 11.8 Å². The fourth-order valence-corrected chi connectivity index (χ4v) is 1.61. The molecule has 0 spiro atoms. The molecule has 2 rings (SSSR count). The number of nitriles is 1. The maximum atomic E-state index is 8.66. The summed E-state index contributed by atoms with van der Waals surface area (Å²) in [6, 6.07) is 7.93. The molecule has 14 heavy (non-hydrogen) atoms. The largest absolute Gasteiger partial charge is 0.496 e. The Labute approximate surface area is 81.9 Å². The van der Waals surface area contributed by atoms with Crippen molar-refractivity contribution < 1.29 is 4.74 Å². The molecule has 0 aliphatic heterocycles. The van der Waals surface area contributed by atoms with Crippen molar-refractivity contribution in [2.24, 2.45) is 0 Å². The molecule has 0 amide bonds. The van der Waals surface area contributed by atoms with Gasteiger partial charge in [-0.05, 0) is 17.7 Å². The van der Waals surface area contributed by atoms with Gasteiger partial charge >= 0.3 is 0 Å². The van der Waals surface area contributed by atoms with Crippen LogP contribution in [-0.2, 0) is 6.42 Å². The van der Waals surface area contributed by atoms with Gasteiger partial charge in [0.2, 0.25) is 0 Å². The van der Waals surface area contributed by atoms with E-state index in [0.717, 1.165) is 22.2 Å². The van der Waals surface area contributed by atoms with Crippen molar-refractivity contribution >= 4 is 10.9 Å². The van der Waals surface area contributed by atoms with Gasteiger partial charge in [-0.25, -0.2) is 0 Å². The third-order valence-corrected chi connectivity index (χ3v) is 2.24. The van der Waals surface area contributed by atoms with Gasteiger partial charge in [0.05, 0.1) is 19.6 Å². The van der Waals surface area contributed by atoms with Crippen molar-refractivity contribution in [1.82, 2.24) is 4.98 Å². The van der Waals surface area contributed by atoms with Gasteiger partial charge in [-0.1, -0.05) is 6.07 Å². The van der Waals surface area contributed by atoms with Gasteiger partial charge in [0.15, 0.2) is 0 Å². The van der Waals surface area contributed by atoms with Gasteiger partial charge < -0.3 is 9.72 Å². The second-order valence-electron chi connectivity index (χ2n) is 3.03. The Hall–Kier alpha value is -1.95. The first-order valence-corrected chi connectivity index (χ1v) is 4.36. The first-order valence-electron chi connectivity index (χ1n) is 4.36. The number of fused-ring (bicyclic) bond motifs is 1. The standard InChI is InChI=1S/C11H10N2O/c1-14-10-4-2-3-9-11(10)8(5-6-12)7-13-9/h2-4,7,13H,5H2,1H3. The molecule has 0 bridgehead atoms. The van der Waals surface area contributed by atoms with Gasteiger partial charge in [0.1, 0.15) is 5.75 Å². The van der Waals surface area contributed by atoms with E-state index in [4.69, 9.17) is 10.00 Å². The van der Waals surface area contributed by atoms with Gasteiger partial charge in [0, 0.05) is 17.1 Å². The summed E-state index contributed by atoms with van der Waals surface area (Å²) in [6.07, 6.45) is 2.26. The smallest absolute Gasteiger partial charge is 0.128 e. The van der Waals surface area contributed by atoms with Crippen LogP contribution in [0.4, 0.5) is 0 Å². The van der Waals surface area contributed by atoms with Gasteiger partial charge in [-0.2, -0.15) is 5.26 Å². The summed E-state index contributed by atoms with van der Waals surface area (Å²) in [6.45, 7) is 0. The summed E-state index contributed by atoms with van der Waals surface area (Å²) in [5.41, 5.74) is 1.99. The Balaban J connectivity index is 2.69. The Kier molecular flexibility index (Phi) is 2.11. The first-order chi connectivity index (χ1) is 6.86. The Morgan fingerprint density at radius 2 is 2.36 bits per heavy atom. The number of rotatable bonds is 2. The highest BCUT2D eigenvalue weighted by atomic mass is 16.5. The van der Waals surface area contributed by atoms with Crippen LogP contribution in [0, 0.1) is 11.3 Å². The van der Waals surface area contributed by atoms with E-state index in [0.29, 0.717) is 6.42 Å². The number of nitrogens with one attached hydrogen (secondary N) is 1. The number of hydrogen-bond acceptors (Lipinski definition) is 2. The molecule has 0 saturated carbocycles. The van der Waals surface area contributed by atoms with Crippen LogP contribution < -0.4 is 4.74 Å². The third kappa shape index (κ3) is 1.21. The second-order valence-corrected chi connectivity index (χ2v) is 3.03. The first kappa shape index (κ1) is 8.64. The topological polar surface area (TPSA) is 48.8 Å². The number of aromatic nitrogens is 1. The lowest BCUT2D eigenvalue weighted by molar-refractivity contribution is 0.419. The molecule has 1 aromatic heterocycles. The zero-order valence-electron chi connectivity index (χ0n) is 7.87. The van der Waals surface area contributed by atoms with Crippen LogP contribution in [-0.4, -0.2) is 12.1 Å². The third-order valence-electron chi connectivity index (χ3n) is 2.24. The fourth-order valence-electron chi connectivity index (χ4n) is 1.61. The summed E-state index contributed by atoms with van der Waals surface area (Å²) in [5, 5.41) is 9.67. The molecule has 2 aromatic rings. The van der Waals surface area contributed by atoms with Gasteiger partial charge in [-0.3, -0.25) is 0 Å². The van der Waals surface area contributed by atoms with E-state index >= 15 is 0 Å². The van der Waals surface area contributed by atoms with E-state index in [2.05, 4.69) is 11.1 Å². The highest BCUT2D eigenvalue weighted by molar-refractivity contribution is 5.89. The van der Waals surface area contributed by atoms with Crippen molar-refractivity contribution in [3.63, 3.8) is 0 Å². The van der Waals surface area contributed by atoms with E-state index in [1.807, 2.05) is 24.4 Å². The van der Waals surface area contributed by atoms with E-state index in [1.165, 1.54) is 0 Å². The van der Waals surface area contributed by atoms with Crippen molar-refractivity contribution in [2.45, 2.75) is 6.42 Å². The molecule has 0 aliphatic rings. The molecule has 1 N–H and O–H groups in total. The number of aromatic amines is 1. The van der Waals surface area contributed by atoms with Crippen LogP contribution in [0.3, 0.4) is 0 Å². The van der Waals surface area contributed by atoms with Crippen LogP contribution in [0.2, 0.25) is 0 Å². The number of hydrogen-bond donors (Lipinski definition) is 1. The summed E-state index contributed by atoms with van der Waals surface area (Å²) < 4.78 is 5.24. The fraction of sp³-hybridized carbons (Fsp3) is 0.182. The molecule has 0 unspecified atom stereocenters. The Bertz CT molecular complexity index is 493. The molecule has 70 valence electrons. The average Bonchev–Trinajstić information content (AvgIpc) is 2.62. The number of methoxy groups -OCH3 is 1. The maximum Gasteiger partial charge on any atom is 0.128 e. The minimum absolute atomic E-state index is 0.403. The number of H-pyrrole nitrogens is 1. The summed E-state index contributed by atoms with van der Waals surface area (Å²) in [4.78, 5) is 3.12. The van der Waals surface area contributed by atoms with Crippen LogP contribution in [0.1, 0.15) is 5.56 Å². The Morgan fingerprint density at radius 3 is 3.07 bits per heavy atom. The molecule has 0 fully saturated rings. The molecular formula is C11H10N2O. The highest BCUT2D eigenvalue weighted by Crippen LogP contribution is 2.28. The number of benzene rings is 1. The Morgan fingerprint density at radius 1 is 1.50 bits per heavy atom. The van der Waals surface area contributed by atoms with E-state index in [1.54, 1.807) is 7.11 Å². The van der Waals surface area contributed by atoms with Crippen LogP contribution in [0.5, 0.6) is 5.75 Å². The molecule has 0 radical (unpaired) electrons. The molecule has 0 atom stereocenters. The zero-order valence-corrected chi connectivity index (χ0v) is 7.87. The van der Waals surface area contributed by atoms with E-state index < -0.39 is 0 Å². The minimum Gasteiger partial charge on any atom is -0.496 e. The zero-order chi connectivity index (χ0) is 9.97. The molecule has 0 aliphatic carbocycles. The monoisotopic (exact) mass is 186 g/mol. The molecule has 3 heteroatoms. The van der Waals surface area contributed by atoms with Gasteiger partial charge in [0.25, 0.3) is 0 Å². The predicted molar refractivity (Wildman–Crippen MR) is 54.2 cm³/mol. The van der Waals surface area contributed by atoms with E-state index in [-0.39, 0.29) is 0 Å². The summed E-state index contributed by atoms with van der Waals surface area (Å²) >= 11 is 0. The molecule has 3 nitrogen and oxygen atoms in total. The molecule has 1 heterocycles. The lowest BCUT2D eigenvalue weighted by Gasteiger charge is -2.02. The average molecular weight is 186 g/mol. The molecule has 1 aromatic carbocycles. The summed E-state index contributed by atoms with van der Waals surface area (Å²) in [5.74, 6) is 0.814. The second kappa shape index (κ2) is 3.43. The van der Waals surface area contributed by atoms with Crippen LogP contribution in [0.15, 0.2) is 24.4 Å². The van der Waals surface area contributed by atoms with Crippen molar-refractivity contribution in [3.05, 3.63) is 30.0 Å². The molecule has 0 saturated heterocycles. The van der Waals surface area contributed by atoms with Crippen LogP contribution in [0.25, 0.3) is 10.9 Å². The lowest BCUT2D eigenvalue weighted by atomic mass is 10.1. The normalized spacial score (nSPS) is 10.0. The highest BCUT2D eigenvalue weighted by Gasteiger charge is 2.07. The minimum atomic E-state index is 0.403. The predicted octanol–water partition coefficient (Wildman–Crippen LogP) is 2.24. The van der Waals surface area contributed by atoms with Crippen molar-refractivity contribution in [1.29, 1.82) is 5.26 Å². The van der Waals surface area contributed by atoms with Crippen LogP contribution >= 0.6 is 0 Å². The number of ether oxygens (including phenoxy) is 1. The van der Waals surface area contributed by atoms with Gasteiger partial charge in [-0.15, -0.1) is 0 Å². The lowest BCUT2D eigenvalue weighted by Crippen LogP contribution is -1.85. The SMILES string of the molecule is COc1cccc2[nH]cc(CC#N)c12. The number of nitrogens with zero attached hydrogens (tertiary/aromatic N) is 1. The van der Waals surface area contributed by atoms with Crippen molar-refractivity contribution in [2.75, 3.05) is 7.11 Å². The molecular weight excluding hydrogens is 176 g/mol. The maximum absolute atomic E-state index is 8.66. The summed E-state index contributed by atoms with van der Waals surface area (Å²) in [7, 11) is 1.64. The van der Waals surface area contributed by atoms with E-state index in [9.17, 15) is 0 Å². The quantitative estimate of drug-likeness (QED) is 0.781.